The number of H-pyrrole nitrogens is 2. The highest BCUT2D eigenvalue weighted by Crippen LogP contribution is 2.25. The van der Waals surface area contributed by atoms with Crippen LogP contribution in [0, 0.1) is 0 Å². The molecule has 3 rings (SSSR count). The Morgan fingerprint density at radius 3 is 3.13 bits per heavy atom. The van der Waals surface area contributed by atoms with Crippen molar-refractivity contribution in [3.63, 3.8) is 0 Å². The lowest BCUT2D eigenvalue weighted by Gasteiger charge is -2.32. The van der Waals surface area contributed by atoms with Gasteiger partial charge in [-0.25, -0.2) is 4.98 Å². The van der Waals surface area contributed by atoms with Crippen LogP contribution in [-0.2, 0) is 11.2 Å². The Labute approximate surface area is 134 Å². The molecule has 1 aliphatic rings. The van der Waals surface area contributed by atoms with Gasteiger partial charge in [0.15, 0.2) is 0 Å². The van der Waals surface area contributed by atoms with Crippen molar-refractivity contribution in [2.75, 3.05) is 13.1 Å². The highest BCUT2D eigenvalue weighted by molar-refractivity contribution is 5.76. The number of nitrogens with one attached hydrogen (secondary N) is 2. The van der Waals surface area contributed by atoms with Crippen LogP contribution >= 0.6 is 0 Å². The van der Waals surface area contributed by atoms with E-state index in [2.05, 4.69) is 20.2 Å². The molecule has 2 aromatic heterocycles. The van der Waals surface area contributed by atoms with Gasteiger partial charge < -0.3 is 9.88 Å². The minimum Gasteiger partial charge on any atom is -0.342 e. The van der Waals surface area contributed by atoms with Gasteiger partial charge in [0.1, 0.15) is 0 Å². The van der Waals surface area contributed by atoms with E-state index < -0.39 is 0 Å². The summed E-state index contributed by atoms with van der Waals surface area (Å²) in [6, 6.07) is 1.54. The van der Waals surface area contributed by atoms with Crippen molar-refractivity contribution < 1.29 is 4.79 Å². The predicted octanol–water partition coefficient (Wildman–Crippen LogP) is 1.22. The van der Waals surface area contributed by atoms with Crippen LogP contribution in [-0.4, -0.2) is 44.1 Å². The molecule has 1 saturated heterocycles. The van der Waals surface area contributed by atoms with Gasteiger partial charge in [-0.3, -0.25) is 14.7 Å². The van der Waals surface area contributed by atoms with E-state index in [0.29, 0.717) is 13.0 Å². The quantitative estimate of drug-likeness (QED) is 0.867. The zero-order chi connectivity index (χ0) is 16.1. The summed E-state index contributed by atoms with van der Waals surface area (Å²) in [6.07, 6.45) is 9.23. The van der Waals surface area contributed by atoms with Crippen LogP contribution in [0.1, 0.15) is 42.9 Å². The minimum absolute atomic E-state index is 0.140. The predicted molar refractivity (Wildman–Crippen MR) is 84.9 cm³/mol. The van der Waals surface area contributed by atoms with E-state index in [1.54, 1.807) is 6.20 Å². The second kappa shape index (κ2) is 7.21. The smallest absolute Gasteiger partial charge is 0.250 e. The number of carbonyl (C=O) groups is 1. The molecule has 2 N–H and O–H groups in total. The SMILES string of the molecule is O=C(CCCc1cn[nH]c1)N1CCC[C@@H](c2cc(=O)[nH]cn2)C1. The maximum absolute atomic E-state index is 12.4. The fourth-order valence-electron chi connectivity index (χ4n) is 3.07. The first-order valence-electron chi connectivity index (χ1n) is 8.02. The van der Waals surface area contributed by atoms with Crippen molar-refractivity contribution in [2.45, 2.75) is 38.0 Å². The number of likely N-dealkylation sites (tertiary alicyclic amines) is 1. The molecule has 0 radical (unpaired) electrons. The lowest BCUT2D eigenvalue weighted by Crippen LogP contribution is -2.39. The molecule has 122 valence electrons. The highest BCUT2D eigenvalue weighted by Gasteiger charge is 2.25. The minimum atomic E-state index is -0.140. The van der Waals surface area contributed by atoms with E-state index in [4.69, 9.17) is 0 Å². The van der Waals surface area contributed by atoms with Crippen molar-refractivity contribution in [1.29, 1.82) is 0 Å². The van der Waals surface area contributed by atoms with Crippen LogP contribution in [0.5, 0.6) is 0 Å². The molecule has 3 heterocycles. The van der Waals surface area contributed by atoms with Crippen LogP contribution in [0.4, 0.5) is 0 Å². The zero-order valence-electron chi connectivity index (χ0n) is 13.0. The molecule has 0 bridgehead atoms. The van der Waals surface area contributed by atoms with E-state index in [1.165, 1.54) is 12.4 Å². The Morgan fingerprint density at radius 2 is 2.35 bits per heavy atom. The van der Waals surface area contributed by atoms with E-state index in [9.17, 15) is 9.59 Å². The topological polar surface area (TPSA) is 94.7 Å². The second-order valence-electron chi connectivity index (χ2n) is 5.98. The molecule has 0 aliphatic carbocycles. The molecule has 0 unspecified atom stereocenters. The van der Waals surface area contributed by atoms with Crippen molar-refractivity contribution in [3.8, 4) is 0 Å². The van der Waals surface area contributed by atoms with Crippen LogP contribution in [0.15, 0.2) is 29.6 Å². The number of piperidine rings is 1. The van der Waals surface area contributed by atoms with Crippen molar-refractivity contribution in [2.24, 2.45) is 0 Å². The molecular formula is C16H21N5O2. The third kappa shape index (κ3) is 4.06. The molecule has 1 aliphatic heterocycles. The number of rotatable bonds is 5. The maximum atomic E-state index is 12.4. The third-order valence-corrected chi connectivity index (χ3v) is 4.30. The first-order valence-corrected chi connectivity index (χ1v) is 8.02. The number of aryl methyl sites for hydroxylation is 1. The standard InChI is InChI=1S/C16H21N5O2/c22-15-7-14(17-11-18-15)13-4-2-6-21(10-13)16(23)5-1-3-12-8-19-20-9-12/h7-9,11,13H,1-6,10H2,(H,19,20)(H,17,18,22)/t13-/m1/s1. The third-order valence-electron chi connectivity index (χ3n) is 4.30. The molecule has 1 fully saturated rings. The van der Waals surface area contributed by atoms with E-state index in [1.807, 2.05) is 11.1 Å². The molecule has 0 spiro atoms. The average molecular weight is 315 g/mol. The van der Waals surface area contributed by atoms with Crippen LogP contribution in [0.25, 0.3) is 0 Å². The number of nitrogens with zero attached hydrogens (tertiary/aromatic N) is 3. The van der Waals surface area contributed by atoms with Gasteiger partial charge in [0.25, 0.3) is 5.56 Å². The summed E-state index contributed by atoms with van der Waals surface area (Å²) in [4.78, 5) is 32.5. The lowest BCUT2D eigenvalue weighted by atomic mass is 9.94. The van der Waals surface area contributed by atoms with Gasteiger partial charge in [-0.15, -0.1) is 0 Å². The van der Waals surface area contributed by atoms with Gasteiger partial charge in [0, 0.05) is 37.7 Å². The molecular weight excluding hydrogens is 294 g/mol. The Balaban J connectivity index is 1.53. The number of amides is 1. The summed E-state index contributed by atoms with van der Waals surface area (Å²) in [5.41, 5.74) is 1.77. The van der Waals surface area contributed by atoms with Gasteiger partial charge >= 0.3 is 0 Å². The fraction of sp³-hybridized carbons (Fsp3) is 0.500. The van der Waals surface area contributed by atoms with E-state index in [-0.39, 0.29) is 17.4 Å². The second-order valence-corrected chi connectivity index (χ2v) is 5.98. The first-order chi connectivity index (χ1) is 11.2. The molecule has 1 atom stereocenters. The highest BCUT2D eigenvalue weighted by atomic mass is 16.2. The molecule has 2 aromatic rings. The molecule has 7 nitrogen and oxygen atoms in total. The number of hydrogen-bond acceptors (Lipinski definition) is 4. The van der Waals surface area contributed by atoms with E-state index in [0.717, 1.165) is 43.5 Å². The maximum Gasteiger partial charge on any atom is 0.250 e. The Kier molecular flexibility index (Phi) is 4.85. The lowest BCUT2D eigenvalue weighted by molar-refractivity contribution is -0.132. The Morgan fingerprint density at radius 1 is 1.43 bits per heavy atom. The number of carbonyl (C=O) groups excluding carboxylic acids is 1. The summed E-state index contributed by atoms with van der Waals surface area (Å²) >= 11 is 0. The molecule has 7 heteroatoms. The summed E-state index contributed by atoms with van der Waals surface area (Å²) in [5, 5.41) is 6.68. The normalized spacial score (nSPS) is 18.1. The first kappa shape index (κ1) is 15.5. The van der Waals surface area contributed by atoms with Crippen molar-refractivity contribution in [1.82, 2.24) is 25.1 Å². The van der Waals surface area contributed by atoms with Gasteiger partial charge in [0.2, 0.25) is 5.91 Å². The van der Waals surface area contributed by atoms with Crippen LogP contribution < -0.4 is 5.56 Å². The van der Waals surface area contributed by atoms with Gasteiger partial charge in [-0.1, -0.05) is 0 Å². The summed E-state index contributed by atoms with van der Waals surface area (Å²) in [7, 11) is 0. The number of aromatic nitrogens is 4. The van der Waals surface area contributed by atoms with Crippen molar-refractivity contribution >= 4 is 5.91 Å². The summed E-state index contributed by atoms with van der Waals surface area (Å²) in [6.45, 7) is 1.45. The average Bonchev–Trinajstić information content (AvgIpc) is 3.08. The Bertz CT molecular complexity index is 695. The van der Waals surface area contributed by atoms with Crippen LogP contribution in [0.3, 0.4) is 0 Å². The zero-order valence-corrected chi connectivity index (χ0v) is 13.0. The molecule has 0 aromatic carbocycles. The molecule has 0 saturated carbocycles. The number of aromatic amines is 2. The summed E-state index contributed by atoms with van der Waals surface area (Å²) in [5.74, 6) is 0.340. The molecule has 23 heavy (non-hydrogen) atoms. The largest absolute Gasteiger partial charge is 0.342 e. The number of hydrogen-bond donors (Lipinski definition) is 2. The summed E-state index contributed by atoms with van der Waals surface area (Å²) < 4.78 is 0. The Hall–Kier alpha value is -2.44. The molecule has 1 amide bonds. The van der Waals surface area contributed by atoms with Crippen molar-refractivity contribution in [3.05, 3.63) is 46.4 Å². The fourth-order valence-corrected chi connectivity index (χ4v) is 3.07. The monoisotopic (exact) mass is 315 g/mol. The van der Waals surface area contributed by atoms with E-state index >= 15 is 0 Å². The van der Waals surface area contributed by atoms with Gasteiger partial charge in [-0.2, -0.15) is 5.10 Å². The van der Waals surface area contributed by atoms with Gasteiger partial charge in [0.05, 0.1) is 18.2 Å². The van der Waals surface area contributed by atoms with Crippen LogP contribution in [0.2, 0.25) is 0 Å². The van der Waals surface area contributed by atoms with Gasteiger partial charge in [-0.05, 0) is 31.2 Å².